The fourth-order valence-electron chi connectivity index (χ4n) is 3.69. The molecule has 1 N–H and O–H groups in total. The molecule has 26 heavy (non-hydrogen) atoms. The van der Waals surface area contributed by atoms with E-state index in [0.717, 1.165) is 22.1 Å². The summed E-state index contributed by atoms with van der Waals surface area (Å²) in [5.74, 6) is 0.278. The Morgan fingerprint density at radius 2 is 1.27 bits per heavy atom. The third-order valence-electron chi connectivity index (χ3n) is 4.87. The number of benzene rings is 4. The first-order valence-electron chi connectivity index (χ1n) is 8.69. The van der Waals surface area contributed by atoms with Crippen LogP contribution in [-0.2, 0) is 0 Å². The van der Waals surface area contributed by atoms with E-state index in [9.17, 15) is 5.11 Å². The molecule has 2 heteroatoms. The fourth-order valence-corrected chi connectivity index (χ4v) is 3.69. The van der Waals surface area contributed by atoms with Crippen LogP contribution in [0, 0.1) is 0 Å². The van der Waals surface area contributed by atoms with Gasteiger partial charge in [0.2, 0.25) is 0 Å². The number of rotatable bonds is 2. The van der Waals surface area contributed by atoms with Crippen molar-refractivity contribution in [2.45, 2.75) is 0 Å². The lowest BCUT2D eigenvalue weighted by molar-refractivity contribution is 0.476. The van der Waals surface area contributed by atoms with Crippen molar-refractivity contribution in [3.05, 3.63) is 97.1 Å². The van der Waals surface area contributed by atoms with E-state index in [1.165, 1.54) is 16.5 Å². The molecule has 124 valence electrons. The Kier molecular flexibility index (Phi) is 3.29. The number of aromatic hydroxyl groups is 1. The highest BCUT2D eigenvalue weighted by Gasteiger charge is 2.12. The van der Waals surface area contributed by atoms with Gasteiger partial charge in [-0.05, 0) is 41.5 Å². The zero-order valence-corrected chi connectivity index (χ0v) is 14.1. The number of phenols is 1. The first kappa shape index (κ1) is 14.8. The molecule has 0 unspecified atom stereocenters. The van der Waals surface area contributed by atoms with Gasteiger partial charge in [-0.3, -0.25) is 0 Å². The minimum atomic E-state index is 0.278. The Labute approximate surface area is 151 Å². The fraction of sp³-hybridized carbons (Fsp3) is 0. The van der Waals surface area contributed by atoms with E-state index < -0.39 is 0 Å². The Balaban J connectivity index is 1.83. The summed E-state index contributed by atoms with van der Waals surface area (Å²) in [5.41, 5.74) is 5.60. The quantitative estimate of drug-likeness (QED) is 0.411. The summed E-state index contributed by atoms with van der Waals surface area (Å²) in [6, 6.07) is 32.9. The van der Waals surface area contributed by atoms with E-state index in [1.807, 2.05) is 18.2 Å². The van der Waals surface area contributed by atoms with Gasteiger partial charge in [-0.25, -0.2) is 0 Å². The molecule has 5 rings (SSSR count). The molecule has 4 aromatic carbocycles. The maximum Gasteiger partial charge on any atom is 0.117 e. The maximum absolute atomic E-state index is 10.0. The van der Waals surface area contributed by atoms with Crippen LogP contribution in [-0.4, -0.2) is 9.67 Å². The molecule has 0 spiro atoms. The second-order valence-electron chi connectivity index (χ2n) is 6.47. The SMILES string of the molecule is Oc1ccc2c3ccccc3n(-c3cccc(-c4ccccc4)c3)c2c1. The van der Waals surface area contributed by atoms with Crippen molar-refractivity contribution in [2.24, 2.45) is 0 Å². The Bertz CT molecular complexity index is 1240. The van der Waals surface area contributed by atoms with Gasteiger partial charge in [-0.1, -0.05) is 60.7 Å². The van der Waals surface area contributed by atoms with Crippen LogP contribution < -0.4 is 0 Å². The Hall–Kier alpha value is -3.52. The highest BCUT2D eigenvalue weighted by molar-refractivity contribution is 6.09. The van der Waals surface area contributed by atoms with Crippen LogP contribution in [0.5, 0.6) is 5.75 Å². The lowest BCUT2D eigenvalue weighted by Gasteiger charge is -2.10. The monoisotopic (exact) mass is 335 g/mol. The second-order valence-corrected chi connectivity index (χ2v) is 6.47. The van der Waals surface area contributed by atoms with Crippen LogP contribution in [0.15, 0.2) is 97.1 Å². The molecule has 2 nitrogen and oxygen atoms in total. The molecule has 0 aliphatic heterocycles. The number of nitrogens with zero attached hydrogens (tertiary/aromatic N) is 1. The summed E-state index contributed by atoms with van der Waals surface area (Å²) < 4.78 is 2.22. The summed E-state index contributed by atoms with van der Waals surface area (Å²) in [7, 11) is 0. The number of para-hydroxylation sites is 1. The predicted molar refractivity (Wildman–Crippen MR) is 108 cm³/mol. The van der Waals surface area contributed by atoms with Gasteiger partial charge in [0, 0.05) is 22.5 Å². The molecular formula is C24H17NO. The highest BCUT2D eigenvalue weighted by atomic mass is 16.3. The highest BCUT2D eigenvalue weighted by Crippen LogP contribution is 2.34. The molecule has 1 heterocycles. The van der Waals surface area contributed by atoms with Crippen molar-refractivity contribution < 1.29 is 5.11 Å². The molecule has 1 aromatic heterocycles. The van der Waals surface area contributed by atoms with Crippen molar-refractivity contribution in [1.29, 1.82) is 0 Å². The number of hydrogen-bond acceptors (Lipinski definition) is 1. The normalized spacial score (nSPS) is 11.2. The van der Waals surface area contributed by atoms with Crippen molar-refractivity contribution in [3.8, 4) is 22.6 Å². The number of fused-ring (bicyclic) bond motifs is 3. The zero-order valence-electron chi connectivity index (χ0n) is 14.1. The van der Waals surface area contributed by atoms with E-state index in [2.05, 4.69) is 77.4 Å². The van der Waals surface area contributed by atoms with Gasteiger partial charge in [-0.15, -0.1) is 0 Å². The molecular weight excluding hydrogens is 318 g/mol. The maximum atomic E-state index is 10.0. The first-order valence-corrected chi connectivity index (χ1v) is 8.69. The number of aromatic nitrogens is 1. The molecule has 0 bridgehead atoms. The standard InChI is InChI=1S/C24H17NO/c26-20-13-14-22-21-11-4-5-12-23(21)25(24(22)16-20)19-10-6-9-18(15-19)17-7-2-1-3-8-17/h1-16,26H. The minimum Gasteiger partial charge on any atom is -0.508 e. The first-order chi connectivity index (χ1) is 12.8. The van der Waals surface area contributed by atoms with Gasteiger partial charge in [0.15, 0.2) is 0 Å². The van der Waals surface area contributed by atoms with E-state index >= 15 is 0 Å². The lowest BCUT2D eigenvalue weighted by Crippen LogP contribution is -1.94. The zero-order chi connectivity index (χ0) is 17.5. The van der Waals surface area contributed by atoms with Crippen LogP contribution in [0.4, 0.5) is 0 Å². The van der Waals surface area contributed by atoms with Crippen LogP contribution >= 0.6 is 0 Å². The lowest BCUT2D eigenvalue weighted by atomic mass is 10.1. The van der Waals surface area contributed by atoms with Gasteiger partial charge < -0.3 is 9.67 Å². The topological polar surface area (TPSA) is 25.2 Å². The van der Waals surface area contributed by atoms with Crippen LogP contribution in [0.3, 0.4) is 0 Å². The van der Waals surface area contributed by atoms with Gasteiger partial charge in [-0.2, -0.15) is 0 Å². The van der Waals surface area contributed by atoms with Gasteiger partial charge in [0.05, 0.1) is 11.0 Å². The molecule has 0 aliphatic carbocycles. The van der Waals surface area contributed by atoms with Crippen molar-refractivity contribution in [2.75, 3.05) is 0 Å². The van der Waals surface area contributed by atoms with E-state index in [4.69, 9.17) is 0 Å². The molecule has 0 fully saturated rings. The van der Waals surface area contributed by atoms with Gasteiger partial charge in [0.1, 0.15) is 5.75 Å². The molecule has 0 radical (unpaired) electrons. The second kappa shape index (κ2) is 5.78. The van der Waals surface area contributed by atoms with Crippen molar-refractivity contribution in [3.63, 3.8) is 0 Å². The van der Waals surface area contributed by atoms with Crippen LogP contribution in [0.2, 0.25) is 0 Å². The van der Waals surface area contributed by atoms with Crippen molar-refractivity contribution in [1.82, 2.24) is 4.57 Å². The van der Waals surface area contributed by atoms with E-state index in [-0.39, 0.29) is 5.75 Å². The Morgan fingerprint density at radius 3 is 2.15 bits per heavy atom. The van der Waals surface area contributed by atoms with E-state index in [0.29, 0.717) is 0 Å². The minimum absolute atomic E-state index is 0.278. The summed E-state index contributed by atoms with van der Waals surface area (Å²) in [4.78, 5) is 0. The summed E-state index contributed by atoms with van der Waals surface area (Å²) >= 11 is 0. The summed E-state index contributed by atoms with van der Waals surface area (Å²) in [6.45, 7) is 0. The molecule has 0 amide bonds. The van der Waals surface area contributed by atoms with E-state index in [1.54, 1.807) is 6.07 Å². The van der Waals surface area contributed by atoms with Gasteiger partial charge in [0.25, 0.3) is 0 Å². The molecule has 0 aliphatic rings. The largest absolute Gasteiger partial charge is 0.508 e. The third kappa shape index (κ3) is 2.27. The Morgan fingerprint density at radius 1 is 0.538 bits per heavy atom. The smallest absolute Gasteiger partial charge is 0.117 e. The molecule has 5 aromatic rings. The summed E-state index contributed by atoms with van der Waals surface area (Å²) in [5, 5.41) is 12.4. The predicted octanol–water partition coefficient (Wildman–Crippen LogP) is 6.16. The molecule has 0 atom stereocenters. The third-order valence-corrected chi connectivity index (χ3v) is 4.87. The average molecular weight is 335 g/mol. The van der Waals surface area contributed by atoms with Gasteiger partial charge >= 0.3 is 0 Å². The van der Waals surface area contributed by atoms with Crippen molar-refractivity contribution >= 4 is 21.8 Å². The number of phenolic OH excluding ortho intramolecular Hbond substituents is 1. The summed E-state index contributed by atoms with van der Waals surface area (Å²) in [6.07, 6.45) is 0. The van der Waals surface area contributed by atoms with Crippen LogP contribution in [0.25, 0.3) is 38.6 Å². The number of hydrogen-bond donors (Lipinski definition) is 1. The molecule has 0 saturated heterocycles. The molecule has 0 saturated carbocycles. The van der Waals surface area contributed by atoms with Crippen LogP contribution in [0.1, 0.15) is 0 Å². The average Bonchev–Trinajstić information content (AvgIpc) is 3.02.